The maximum Gasteiger partial charge on any atom is 0.251 e. The van der Waals surface area contributed by atoms with Gasteiger partial charge < -0.3 is 10.4 Å². The number of carbonyl (C=O) groups excluding carboxylic acids is 1. The normalized spacial score (nSPS) is 20.7. The summed E-state index contributed by atoms with van der Waals surface area (Å²) in [6.45, 7) is 4.76. The van der Waals surface area contributed by atoms with Gasteiger partial charge in [-0.3, -0.25) is 4.79 Å². The molecule has 0 aliphatic heterocycles. The van der Waals surface area contributed by atoms with Gasteiger partial charge in [-0.25, -0.2) is 0 Å². The zero-order valence-electron chi connectivity index (χ0n) is 12.8. The van der Waals surface area contributed by atoms with Crippen LogP contribution in [-0.4, -0.2) is 24.2 Å². The van der Waals surface area contributed by atoms with Gasteiger partial charge in [-0.2, -0.15) is 0 Å². The van der Waals surface area contributed by atoms with E-state index in [1.165, 1.54) is 19.3 Å². The molecule has 3 heteroatoms. The lowest BCUT2D eigenvalue weighted by molar-refractivity contribution is 0.0946. The first-order valence-electron chi connectivity index (χ1n) is 7.59. The van der Waals surface area contributed by atoms with Gasteiger partial charge in [-0.15, -0.1) is 0 Å². The third kappa shape index (κ3) is 4.09. The summed E-state index contributed by atoms with van der Waals surface area (Å²) >= 11 is 0. The second kappa shape index (κ2) is 7.28. The van der Waals surface area contributed by atoms with Crippen LogP contribution in [0.1, 0.15) is 47.7 Å². The highest BCUT2D eigenvalue weighted by Crippen LogP contribution is 2.29. The molecule has 2 rings (SSSR count). The minimum atomic E-state index is -0.171. The minimum absolute atomic E-state index is 0.0281. The van der Waals surface area contributed by atoms with E-state index in [-0.39, 0.29) is 12.5 Å². The van der Waals surface area contributed by atoms with Crippen molar-refractivity contribution < 1.29 is 9.90 Å². The summed E-state index contributed by atoms with van der Waals surface area (Å²) in [5.74, 6) is 6.88. The summed E-state index contributed by atoms with van der Waals surface area (Å²) < 4.78 is 0. The summed E-state index contributed by atoms with van der Waals surface area (Å²) in [6, 6.07) is 5.53. The summed E-state index contributed by atoms with van der Waals surface area (Å²) in [4.78, 5) is 12.3. The zero-order chi connectivity index (χ0) is 15.2. The standard InChI is InChI=1S/C18H23NO2/c1-13-8-9-15(11-13)12-19-18(21)17-7-3-5-16(14(17)2)6-4-10-20/h3,5,7,13,15,20H,8-12H2,1-2H3,(H,19,21). The maximum atomic E-state index is 12.3. The Bertz CT molecular complexity index is 568. The van der Waals surface area contributed by atoms with Crippen LogP contribution < -0.4 is 5.32 Å². The Balaban J connectivity index is 2.02. The quantitative estimate of drug-likeness (QED) is 0.838. The molecule has 112 valence electrons. The lowest BCUT2D eigenvalue weighted by Crippen LogP contribution is -2.29. The van der Waals surface area contributed by atoms with Crippen LogP contribution in [0.25, 0.3) is 0 Å². The van der Waals surface area contributed by atoms with Crippen LogP contribution in [0.2, 0.25) is 0 Å². The molecule has 21 heavy (non-hydrogen) atoms. The van der Waals surface area contributed by atoms with E-state index in [0.717, 1.165) is 23.6 Å². The van der Waals surface area contributed by atoms with Gasteiger partial charge >= 0.3 is 0 Å². The SMILES string of the molecule is Cc1c(C#CCO)cccc1C(=O)NCC1CCC(C)C1. The van der Waals surface area contributed by atoms with E-state index in [2.05, 4.69) is 24.1 Å². The van der Waals surface area contributed by atoms with Crippen molar-refractivity contribution in [3.05, 3.63) is 34.9 Å². The lowest BCUT2D eigenvalue weighted by Gasteiger charge is -2.13. The molecule has 0 spiro atoms. The first kappa shape index (κ1) is 15.6. The number of amides is 1. The van der Waals surface area contributed by atoms with Gasteiger partial charge in [0.05, 0.1) is 0 Å². The van der Waals surface area contributed by atoms with Crippen LogP contribution in [0, 0.1) is 30.6 Å². The number of aliphatic hydroxyl groups is 1. The largest absolute Gasteiger partial charge is 0.384 e. The second-order valence-corrected chi connectivity index (χ2v) is 5.93. The highest BCUT2D eigenvalue weighted by atomic mass is 16.2. The summed E-state index contributed by atoms with van der Waals surface area (Å²) in [7, 11) is 0. The van der Waals surface area contributed by atoms with E-state index < -0.39 is 0 Å². The van der Waals surface area contributed by atoms with Crippen LogP contribution in [0.4, 0.5) is 0 Å². The average molecular weight is 285 g/mol. The molecule has 1 aromatic carbocycles. The maximum absolute atomic E-state index is 12.3. The molecule has 0 radical (unpaired) electrons. The van der Waals surface area contributed by atoms with Crippen molar-refractivity contribution in [3.8, 4) is 11.8 Å². The van der Waals surface area contributed by atoms with E-state index >= 15 is 0 Å². The molecule has 3 nitrogen and oxygen atoms in total. The Morgan fingerprint density at radius 3 is 2.90 bits per heavy atom. The number of nitrogens with one attached hydrogen (secondary N) is 1. The number of aliphatic hydroxyl groups excluding tert-OH is 1. The van der Waals surface area contributed by atoms with Gasteiger partial charge in [0.15, 0.2) is 0 Å². The van der Waals surface area contributed by atoms with Gasteiger partial charge in [0, 0.05) is 17.7 Å². The highest BCUT2D eigenvalue weighted by Gasteiger charge is 2.22. The number of hydrogen-bond acceptors (Lipinski definition) is 2. The summed E-state index contributed by atoms with van der Waals surface area (Å²) in [6.07, 6.45) is 3.69. The second-order valence-electron chi connectivity index (χ2n) is 5.93. The van der Waals surface area contributed by atoms with Crippen LogP contribution in [0.3, 0.4) is 0 Å². The van der Waals surface area contributed by atoms with Gasteiger partial charge in [0.2, 0.25) is 0 Å². The molecular weight excluding hydrogens is 262 g/mol. The molecule has 0 aromatic heterocycles. The first-order valence-corrected chi connectivity index (χ1v) is 7.59. The van der Waals surface area contributed by atoms with E-state index in [4.69, 9.17) is 5.11 Å². The molecule has 1 saturated carbocycles. The van der Waals surface area contributed by atoms with E-state index in [9.17, 15) is 4.79 Å². The van der Waals surface area contributed by atoms with Crippen LogP contribution in [0.15, 0.2) is 18.2 Å². The molecule has 1 aliphatic rings. The predicted octanol–water partition coefficient (Wildman–Crippen LogP) is 2.50. The number of benzene rings is 1. The van der Waals surface area contributed by atoms with Gasteiger partial charge in [-0.1, -0.05) is 31.3 Å². The van der Waals surface area contributed by atoms with Crippen molar-refractivity contribution >= 4 is 5.91 Å². The van der Waals surface area contributed by atoms with Crippen LogP contribution in [0.5, 0.6) is 0 Å². The molecule has 0 bridgehead atoms. The molecule has 1 aromatic rings. The molecule has 1 fully saturated rings. The van der Waals surface area contributed by atoms with Gasteiger partial charge in [0.1, 0.15) is 6.61 Å². The van der Waals surface area contributed by atoms with Crippen molar-refractivity contribution in [3.63, 3.8) is 0 Å². The smallest absolute Gasteiger partial charge is 0.251 e. The van der Waals surface area contributed by atoms with Crippen LogP contribution in [-0.2, 0) is 0 Å². The number of hydrogen-bond donors (Lipinski definition) is 2. The van der Waals surface area contributed by atoms with Gasteiger partial charge in [0.25, 0.3) is 5.91 Å². The topological polar surface area (TPSA) is 49.3 Å². The van der Waals surface area contributed by atoms with Crippen molar-refractivity contribution in [1.82, 2.24) is 5.32 Å². The third-order valence-electron chi connectivity index (χ3n) is 4.24. The molecule has 1 amide bonds. The molecule has 2 atom stereocenters. The van der Waals surface area contributed by atoms with E-state index in [0.29, 0.717) is 11.5 Å². The fraction of sp³-hybridized carbons (Fsp3) is 0.500. The van der Waals surface area contributed by atoms with E-state index in [1.54, 1.807) is 0 Å². The summed E-state index contributed by atoms with van der Waals surface area (Å²) in [5.41, 5.74) is 2.34. The van der Waals surface area contributed by atoms with Crippen molar-refractivity contribution in [2.24, 2.45) is 11.8 Å². The lowest BCUT2D eigenvalue weighted by atomic mass is 10.0. The van der Waals surface area contributed by atoms with Crippen molar-refractivity contribution in [1.29, 1.82) is 0 Å². The molecular formula is C18H23NO2. The molecule has 1 aliphatic carbocycles. The van der Waals surface area contributed by atoms with Crippen LogP contribution >= 0.6 is 0 Å². The Hall–Kier alpha value is -1.79. The molecule has 0 saturated heterocycles. The Morgan fingerprint density at radius 2 is 2.24 bits per heavy atom. The fourth-order valence-corrected chi connectivity index (χ4v) is 2.99. The number of carbonyl (C=O) groups is 1. The van der Waals surface area contributed by atoms with Gasteiger partial charge in [-0.05, 0) is 49.3 Å². The highest BCUT2D eigenvalue weighted by molar-refractivity contribution is 5.96. The van der Waals surface area contributed by atoms with Crippen molar-refractivity contribution in [2.75, 3.05) is 13.2 Å². The average Bonchev–Trinajstić information content (AvgIpc) is 2.89. The monoisotopic (exact) mass is 285 g/mol. The Kier molecular flexibility index (Phi) is 5.41. The van der Waals surface area contributed by atoms with Crippen molar-refractivity contribution in [2.45, 2.75) is 33.1 Å². The first-order chi connectivity index (χ1) is 10.1. The predicted molar refractivity (Wildman–Crippen MR) is 84.0 cm³/mol. The third-order valence-corrected chi connectivity index (χ3v) is 4.24. The minimum Gasteiger partial charge on any atom is -0.384 e. The molecule has 2 N–H and O–H groups in total. The Labute approximate surface area is 126 Å². The summed E-state index contributed by atoms with van der Waals surface area (Å²) in [5, 5.41) is 11.8. The Morgan fingerprint density at radius 1 is 1.43 bits per heavy atom. The zero-order valence-corrected chi connectivity index (χ0v) is 12.8. The molecule has 0 heterocycles. The van der Waals surface area contributed by atoms with E-state index in [1.807, 2.05) is 25.1 Å². The number of rotatable bonds is 3. The fourth-order valence-electron chi connectivity index (χ4n) is 2.99. The molecule has 2 unspecified atom stereocenters.